The van der Waals surface area contributed by atoms with Crippen LogP contribution in [-0.2, 0) is 23.9 Å². The highest BCUT2D eigenvalue weighted by molar-refractivity contribution is 7.99. The Morgan fingerprint density at radius 2 is 1.56 bits per heavy atom. The van der Waals surface area contributed by atoms with Crippen molar-refractivity contribution >= 4 is 93.1 Å². The number of aliphatic hydroxyl groups excluding tert-OH is 1. The standard InChI is InChI=1S/C76H97ClN10O7S3/c1-9-53(42-68(89)82-70(75(5,6)7)74(93)87-46-62(88)43-67(87)73(92)80-51(3)54-15-17-56(18-16-54)69-52(4)79-49-96-69)71(90)78-48-76(8)31-29-65(55-19-23-59(77)24-20-55)58(44-76)45-85-33-35-86(36-34-85)61-25-21-57(22-26-61)72(91)83-97-64-27-28-66(50(2)41-64)81-60(30-32-84-37-39-94-40-38-84)47-95-63-13-11-10-12-14-63/h10-28,41,49,51,53,60,62,67,70,81,88H,9,29-40,42-48H2,1-8H3,(H,78,90)(H,80,92)(H,82,89)(H,83,91)/t51-,53?,60+,62+,67-,70+,76?/m0/s1. The number of β-amino-alcohol motifs (C(OH)–C–C–N with tert-alkyl or cyclic N) is 1. The molecule has 3 aliphatic heterocycles. The SMILES string of the molecule is CCC(CC(=O)N[C@H](C(=O)N1C[C@H](O)C[C@H]1C(=O)N[C@@H](C)c1ccc(-c2scnc2C)cc1)C(C)(C)C)C(=O)NCC1(C)CCC(c2ccc(Cl)cc2)=C(CN2CCN(c3ccc(C(=O)NSc4ccc(N[C@H](CCN5CCOCC5)CSc5ccccc5)c(C)c4)cc3)CC2)C1. The summed E-state index contributed by atoms with van der Waals surface area (Å²) in [4.78, 5) is 86.7. The summed E-state index contributed by atoms with van der Waals surface area (Å²) in [6, 6.07) is 38.8. The number of carbonyl (C=O) groups excluding carboxylic acids is 5. The summed E-state index contributed by atoms with van der Waals surface area (Å²) in [5, 5.41) is 24.7. The van der Waals surface area contributed by atoms with Crippen LogP contribution in [0.25, 0.3) is 16.0 Å². The van der Waals surface area contributed by atoms with Crippen molar-refractivity contribution in [2.45, 2.75) is 140 Å². The second-order valence-corrected chi connectivity index (χ2v) is 31.3. The van der Waals surface area contributed by atoms with Crippen LogP contribution in [0.5, 0.6) is 0 Å². The van der Waals surface area contributed by atoms with E-state index in [1.165, 1.54) is 32.9 Å². The smallest absolute Gasteiger partial charge is 0.261 e. The number of benzene rings is 5. The number of rotatable bonds is 27. The maximum atomic E-state index is 14.6. The molecule has 5 amide bonds. The van der Waals surface area contributed by atoms with Crippen LogP contribution in [0, 0.1) is 30.6 Å². The first kappa shape index (κ1) is 73.0. The molecule has 0 bridgehead atoms. The molecule has 0 radical (unpaired) electrons. The number of hydrogen-bond donors (Lipinski definition) is 6. The molecule has 4 heterocycles. The predicted octanol–water partition coefficient (Wildman–Crippen LogP) is 12.5. The number of carbonyl (C=O) groups is 5. The lowest BCUT2D eigenvalue weighted by Gasteiger charge is -2.41. The van der Waals surface area contributed by atoms with Gasteiger partial charge in [0.1, 0.15) is 12.1 Å². The normalized spacial score (nSPS) is 20.0. The molecule has 1 aliphatic carbocycles. The van der Waals surface area contributed by atoms with Gasteiger partial charge in [-0.2, -0.15) is 0 Å². The first-order valence-electron chi connectivity index (χ1n) is 34.3. The van der Waals surface area contributed by atoms with Crippen molar-refractivity contribution in [3.8, 4) is 10.4 Å². The highest BCUT2D eigenvalue weighted by Gasteiger charge is 2.45. The number of aryl methyl sites for hydroxylation is 2. The third-order valence-corrected chi connectivity index (χ3v) is 22.7. The van der Waals surface area contributed by atoms with Gasteiger partial charge in [-0.3, -0.25) is 38.5 Å². The summed E-state index contributed by atoms with van der Waals surface area (Å²) in [7, 11) is 0. The molecule has 7 atom stereocenters. The number of piperazine rings is 1. The van der Waals surface area contributed by atoms with E-state index >= 15 is 0 Å². The highest BCUT2D eigenvalue weighted by atomic mass is 35.5. The average Bonchev–Trinajstić information content (AvgIpc) is 1.79. The molecule has 3 saturated heterocycles. The third-order valence-electron chi connectivity index (χ3n) is 19.5. The molecule has 10 rings (SSSR count). The summed E-state index contributed by atoms with van der Waals surface area (Å²) in [6.07, 6.45) is 2.92. The maximum Gasteiger partial charge on any atom is 0.261 e. The molecule has 4 aliphatic rings. The molecule has 518 valence electrons. The van der Waals surface area contributed by atoms with Gasteiger partial charge in [-0.05, 0) is 170 Å². The quantitative estimate of drug-likeness (QED) is 0.0210. The molecular weight excluding hydrogens is 1300 g/mol. The van der Waals surface area contributed by atoms with Crippen LogP contribution in [0.3, 0.4) is 0 Å². The number of ether oxygens (including phenoxy) is 1. The van der Waals surface area contributed by atoms with Crippen LogP contribution in [0.15, 0.2) is 142 Å². The minimum absolute atomic E-state index is 0.0479. The van der Waals surface area contributed by atoms with Crippen LogP contribution < -0.4 is 30.9 Å². The van der Waals surface area contributed by atoms with Crippen LogP contribution in [0.1, 0.15) is 125 Å². The number of thioether (sulfide) groups is 1. The number of allylic oxidation sites excluding steroid dienone is 1. The molecule has 17 nitrogen and oxygen atoms in total. The Bertz CT molecular complexity index is 3670. The maximum absolute atomic E-state index is 14.6. The average molecular weight is 1390 g/mol. The van der Waals surface area contributed by atoms with Crippen molar-refractivity contribution in [3.63, 3.8) is 0 Å². The molecule has 6 aromatic rings. The zero-order chi connectivity index (χ0) is 68.8. The topological polar surface area (TPSA) is 201 Å². The Hall–Kier alpha value is -6.75. The van der Waals surface area contributed by atoms with E-state index in [1.807, 2.05) is 119 Å². The molecule has 0 spiro atoms. The number of nitrogens with one attached hydrogen (secondary N) is 5. The number of hydrogen-bond acceptors (Lipinski definition) is 15. The van der Waals surface area contributed by atoms with Gasteiger partial charge in [-0.15, -0.1) is 23.1 Å². The van der Waals surface area contributed by atoms with Gasteiger partial charge < -0.3 is 40.9 Å². The fraction of sp³-hybridized carbons (Fsp3) is 0.474. The fourth-order valence-corrected chi connectivity index (χ4v) is 16.2. The summed E-state index contributed by atoms with van der Waals surface area (Å²) >= 11 is 11.2. The lowest BCUT2D eigenvalue weighted by molar-refractivity contribution is -0.144. The Balaban J connectivity index is 0.695. The van der Waals surface area contributed by atoms with Crippen LogP contribution in [0.2, 0.25) is 5.02 Å². The van der Waals surface area contributed by atoms with Crippen molar-refractivity contribution in [1.29, 1.82) is 0 Å². The fourth-order valence-electron chi connectivity index (χ4n) is 13.5. The number of aliphatic hydroxyl groups is 1. The van der Waals surface area contributed by atoms with Gasteiger partial charge in [-0.25, -0.2) is 4.98 Å². The van der Waals surface area contributed by atoms with Crippen molar-refractivity contribution in [3.05, 3.63) is 165 Å². The first-order chi connectivity index (χ1) is 46.6. The number of likely N-dealkylation sites (tertiary alicyclic amines) is 1. The van der Waals surface area contributed by atoms with Gasteiger partial charge in [-0.1, -0.05) is 106 Å². The van der Waals surface area contributed by atoms with E-state index in [-0.39, 0.29) is 54.6 Å². The van der Waals surface area contributed by atoms with Gasteiger partial charge in [0.05, 0.1) is 41.4 Å². The lowest BCUT2D eigenvalue weighted by atomic mass is 9.71. The second kappa shape index (κ2) is 33.9. The third kappa shape index (κ3) is 20.0. The molecule has 3 fully saturated rings. The Morgan fingerprint density at radius 1 is 0.845 bits per heavy atom. The largest absolute Gasteiger partial charge is 0.391 e. The van der Waals surface area contributed by atoms with Crippen LogP contribution in [0.4, 0.5) is 11.4 Å². The lowest BCUT2D eigenvalue weighted by Crippen LogP contribution is -2.58. The highest BCUT2D eigenvalue weighted by Crippen LogP contribution is 2.44. The minimum atomic E-state index is -1.03. The molecular formula is C76H97ClN10O7S3. The number of aromatic nitrogens is 1. The number of anilines is 2. The molecule has 2 unspecified atom stereocenters. The molecule has 21 heteroatoms. The van der Waals surface area contributed by atoms with E-state index in [4.69, 9.17) is 16.3 Å². The van der Waals surface area contributed by atoms with Gasteiger partial charge in [0.2, 0.25) is 23.6 Å². The number of halogens is 1. The van der Waals surface area contributed by atoms with E-state index < -0.39 is 41.3 Å². The first-order valence-corrected chi connectivity index (χ1v) is 37.4. The number of amides is 5. The van der Waals surface area contributed by atoms with E-state index in [0.29, 0.717) is 23.6 Å². The number of thiazole rings is 1. The molecule has 5 aromatic carbocycles. The van der Waals surface area contributed by atoms with E-state index in [2.05, 4.69) is 120 Å². The number of morpholine rings is 1. The van der Waals surface area contributed by atoms with Gasteiger partial charge >= 0.3 is 0 Å². The monoisotopic (exact) mass is 1390 g/mol. The molecule has 0 saturated carbocycles. The van der Waals surface area contributed by atoms with E-state index in [1.54, 1.807) is 11.3 Å². The number of nitrogens with zero attached hydrogens (tertiary/aromatic N) is 5. The van der Waals surface area contributed by atoms with E-state index in [9.17, 15) is 29.1 Å². The zero-order valence-corrected chi connectivity index (χ0v) is 60.7. The Kier molecular flexibility index (Phi) is 25.5. The predicted molar refractivity (Wildman–Crippen MR) is 394 cm³/mol. The van der Waals surface area contributed by atoms with Crippen molar-refractivity contribution in [1.82, 2.24) is 40.4 Å². The van der Waals surface area contributed by atoms with Crippen molar-refractivity contribution in [2.75, 3.05) is 94.6 Å². The summed E-state index contributed by atoms with van der Waals surface area (Å²) in [6.45, 7) is 24.7. The van der Waals surface area contributed by atoms with Gasteiger partial charge in [0, 0.05) is 128 Å². The summed E-state index contributed by atoms with van der Waals surface area (Å²) in [5.74, 6) is -1.34. The molecule has 97 heavy (non-hydrogen) atoms. The molecule has 6 N–H and O–H groups in total. The van der Waals surface area contributed by atoms with Crippen LogP contribution >= 0.6 is 46.6 Å². The minimum Gasteiger partial charge on any atom is -0.391 e. The van der Waals surface area contributed by atoms with Crippen LogP contribution in [-0.4, -0.2) is 163 Å². The van der Waals surface area contributed by atoms with E-state index in [0.717, 1.165) is 146 Å². The Labute approximate surface area is 591 Å². The molecule has 1 aromatic heterocycles. The summed E-state index contributed by atoms with van der Waals surface area (Å²) < 4.78 is 8.67. The second-order valence-electron chi connectivity index (χ2n) is 28.0. The summed E-state index contributed by atoms with van der Waals surface area (Å²) in [5.41, 5.74) is 11.4. The zero-order valence-electron chi connectivity index (χ0n) is 57.5. The van der Waals surface area contributed by atoms with Gasteiger partial charge in [0.15, 0.2) is 0 Å². The van der Waals surface area contributed by atoms with Gasteiger partial charge in [0.25, 0.3) is 5.91 Å². The van der Waals surface area contributed by atoms with Crippen molar-refractivity contribution < 1.29 is 33.8 Å². The Morgan fingerprint density at radius 3 is 2.23 bits per heavy atom. The van der Waals surface area contributed by atoms with Crippen molar-refractivity contribution in [2.24, 2.45) is 16.7 Å².